The van der Waals surface area contributed by atoms with Gasteiger partial charge in [-0.25, -0.2) is 8.42 Å². The first-order valence-corrected chi connectivity index (χ1v) is 19.6. The smallest absolute Gasteiger partial charge is 0.242 e. The summed E-state index contributed by atoms with van der Waals surface area (Å²) in [6, 6.07) is 30.4. The monoisotopic (exact) mass is 723 g/mol. The van der Waals surface area contributed by atoms with Crippen molar-refractivity contribution in [3.8, 4) is 0 Å². The molecule has 1 saturated heterocycles. The third-order valence-electron chi connectivity index (χ3n) is 9.91. The number of amides is 1. The van der Waals surface area contributed by atoms with E-state index >= 15 is 0 Å². The van der Waals surface area contributed by atoms with Gasteiger partial charge in [-0.3, -0.25) is 9.69 Å². The average molecular weight is 724 g/mol. The van der Waals surface area contributed by atoms with Crippen LogP contribution in [0.1, 0.15) is 72.3 Å². The van der Waals surface area contributed by atoms with Gasteiger partial charge >= 0.3 is 0 Å². The Kier molecular flexibility index (Phi) is 12.7. The summed E-state index contributed by atoms with van der Waals surface area (Å²) < 4.78 is 42.8. The molecule has 9 nitrogen and oxygen atoms in total. The van der Waals surface area contributed by atoms with Crippen LogP contribution in [-0.2, 0) is 37.3 Å². The molecular weight excluding hydrogens is 675 g/mol. The lowest BCUT2D eigenvalue weighted by Gasteiger charge is -2.39. The van der Waals surface area contributed by atoms with Crippen molar-refractivity contribution < 1.29 is 27.8 Å². The van der Waals surface area contributed by atoms with E-state index in [9.17, 15) is 18.3 Å². The molecule has 274 valence electrons. The van der Waals surface area contributed by atoms with E-state index in [1.165, 1.54) is 37.8 Å². The molecular formula is C42H49N3O6S. The van der Waals surface area contributed by atoms with Crippen molar-refractivity contribution in [2.75, 3.05) is 18.4 Å². The van der Waals surface area contributed by atoms with E-state index in [-0.39, 0.29) is 30.1 Å². The summed E-state index contributed by atoms with van der Waals surface area (Å²) in [4.78, 5) is 16.4. The number of aryl methyl sites for hydroxylation is 1. The number of hydrogen-bond acceptors (Lipinski definition) is 7. The zero-order valence-corrected chi connectivity index (χ0v) is 30.5. The lowest BCUT2D eigenvalue weighted by molar-refractivity contribution is -0.253. The van der Waals surface area contributed by atoms with E-state index in [0.717, 1.165) is 40.9 Å². The van der Waals surface area contributed by atoms with Crippen molar-refractivity contribution in [1.82, 2.24) is 9.62 Å². The Morgan fingerprint density at radius 3 is 2.35 bits per heavy atom. The van der Waals surface area contributed by atoms with Gasteiger partial charge in [0.05, 0.1) is 23.7 Å². The third kappa shape index (κ3) is 9.83. The molecule has 4 aromatic carbocycles. The molecule has 0 unspecified atom stereocenters. The zero-order valence-electron chi connectivity index (χ0n) is 29.7. The van der Waals surface area contributed by atoms with Crippen molar-refractivity contribution in [1.29, 1.82) is 0 Å². The first-order valence-electron chi connectivity index (χ1n) is 18.1. The Morgan fingerprint density at radius 1 is 0.923 bits per heavy atom. The third-order valence-corrected chi connectivity index (χ3v) is 11.4. The molecule has 52 heavy (non-hydrogen) atoms. The Labute approximate surface area is 307 Å². The van der Waals surface area contributed by atoms with Gasteiger partial charge in [0.1, 0.15) is 6.04 Å². The maximum absolute atomic E-state index is 13.9. The molecule has 1 saturated carbocycles. The van der Waals surface area contributed by atoms with Gasteiger partial charge in [0.15, 0.2) is 6.29 Å². The van der Waals surface area contributed by atoms with Gasteiger partial charge in [0.2, 0.25) is 15.9 Å². The second-order valence-electron chi connectivity index (χ2n) is 13.8. The number of hydrogen-bond donors (Lipinski definition) is 3. The number of carbonyl (C=O) groups is 1. The summed E-state index contributed by atoms with van der Waals surface area (Å²) >= 11 is 0. The van der Waals surface area contributed by atoms with Crippen LogP contribution in [0.4, 0.5) is 5.69 Å². The van der Waals surface area contributed by atoms with E-state index < -0.39 is 28.3 Å². The molecule has 3 N–H and O–H groups in total. The number of aliphatic hydroxyl groups excluding tert-OH is 1. The molecule has 1 aliphatic carbocycles. The summed E-state index contributed by atoms with van der Waals surface area (Å²) in [5.41, 5.74) is 4.81. The number of benzene rings is 4. The normalized spacial score (nSPS) is 20.1. The van der Waals surface area contributed by atoms with Crippen molar-refractivity contribution >= 4 is 21.6 Å². The minimum Gasteiger partial charge on any atom is -0.392 e. The summed E-state index contributed by atoms with van der Waals surface area (Å²) in [5, 5.41) is 12.6. The van der Waals surface area contributed by atoms with Gasteiger partial charge in [-0.1, -0.05) is 103 Å². The first-order chi connectivity index (χ1) is 25.2. The van der Waals surface area contributed by atoms with E-state index in [0.29, 0.717) is 18.2 Å². The lowest BCUT2D eigenvalue weighted by Crippen LogP contribution is -2.45. The quantitative estimate of drug-likeness (QED) is 0.113. The number of anilines is 1. The molecule has 0 bridgehead atoms. The topological polar surface area (TPSA) is 117 Å². The summed E-state index contributed by atoms with van der Waals surface area (Å²) in [5.74, 6) is -0.487. The first kappa shape index (κ1) is 37.6. The standard InChI is InChI=1S/C42H49N3O6S/c1-3-24-45(36-14-7-8-15-36)28-37-27-40(33-20-18-32(29-46)19-21-33)51-42(50-37)34-12-9-13-35(26-34)43-41(47)39(25-31-10-5-4-6-11-31)44-52(48,49)38-22-16-30(2)17-23-38/h3-6,9-13,16-23,26,36-37,39-40,42,44,46H,1,7-8,14-15,24-25,27-29H2,2H3,(H,43,47)/t37-,39+,40+,42+/m0/s1. The minimum absolute atomic E-state index is 0.0316. The van der Waals surface area contributed by atoms with E-state index in [2.05, 4.69) is 21.5 Å². The molecule has 1 aliphatic heterocycles. The Morgan fingerprint density at radius 2 is 1.65 bits per heavy atom. The fourth-order valence-corrected chi connectivity index (χ4v) is 8.30. The van der Waals surface area contributed by atoms with Gasteiger partial charge in [0, 0.05) is 36.8 Å². The molecule has 4 atom stereocenters. The maximum atomic E-state index is 13.9. The zero-order chi connectivity index (χ0) is 36.5. The van der Waals surface area contributed by atoms with Crippen molar-refractivity contribution in [2.24, 2.45) is 0 Å². The molecule has 0 aromatic heterocycles. The Balaban J connectivity index is 1.23. The molecule has 4 aromatic rings. The number of aliphatic hydroxyl groups is 1. The number of rotatable bonds is 15. The maximum Gasteiger partial charge on any atom is 0.242 e. The highest BCUT2D eigenvalue weighted by molar-refractivity contribution is 7.89. The van der Waals surface area contributed by atoms with Crippen LogP contribution in [-0.4, -0.2) is 55.6 Å². The second-order valence-corrected chi connectivity index (χ2v) is 15.5. The Bertz CT molecular complexity index is 1880. The number of sulfonamides is 1. The lowest BCUT2D eigenvalue weighted by atomic mass is 9.99. The molecule has 2 aliphatic rings. The van der Waals surface area contributed by atoms with Crippen molar-refractivity contribution in [2.45, 2.75) is 87.5 Å². The predicted octanol–water partition coefficient (Wildman–Crippen LogP) is 6.99. The van der Waals surface area contributed by atoms with Crippen LogP contribution in [0.2, 0.25) is 0 Å². The van der Waals surface area contributed by atoms with Gasteiger partial charge in [-0.2, -0.15) is 4.72 Å². The summed E-state index contributed by atoms with van der Waals surface area (Å²) in [7, 11) is -4.00. The van der Waals surface area contributed by atoms with Crippen LogP contribution < -0.4 is 10.0 Å². The number of nitrogens with one attached hydrogen (secondary N) is 2. The van der Waals surface area contributed by atoms with E-state index in [1.54, 1.807) is 18.2 Å². The van der Waals surface area contributed by atoms with Crippen LogP contribution >= 0.6 is 0 Å². The van der Waals surface area contributed by atoms with Crippen molar-refractivity contribution in [3.05, 3.63) is 144 Å². The second kappa shape index (κ2) is 17.6. The van der Waals surface area contributed by atoms with Crippen LogP contribution in [0, 0.1) is 6.92 Å². The highest BCUT2D eigenvalue weighted by Gasteiger charge is 2.35. The highest BCUT2D eigenvalue weighted by atomic mass is 32.2. The molecule has 6 rings (SSSR count). The number of nitrogens with zero attached hydrogens (tertiary/aromatic N) is 1. The fraction of sp³-hybridized carbons (Fsp3) is 0.357. The average Bonchev–Trinajstić information content (AvgIpc) is 3.70. The van der Waals surface area contributed by atoms with Gasteiger partial charge in [0.25, 0.3) is 0 Å². The van der Waals surface area contributed by atoms with Gasteiger partial charge in [-0.15, -0.1) is 6.58 Å². The molecule has 0 spiro atoms. The molecule has 1 heterocycles. The number of ether oxygens (including phenoxy) is 2. The summed E-state index contributed by atoms with van der Waals surface area (Å²) in [6.45, 7) is 7.39. The van der Waals surface area contributed by atoms with E-state index in [1.807, 2.05) is 85.8 Å². The van der Waals surface area contributed by atoms with Gasteiger partial charge in [-0.05, 0) is 67.1 Å². The molecule has 1 amide bonds. The largest absolute Gasteiger partial charge is 0.392 e. The fourth-order valence-electron chi connectivity index (χ4n) is 7.11. The molecule has 2 fully saturated rings. The SMILES string of the molecule is C=CCN(C[C@@H]1C[C@H](c2ccc(CO)cc2)O[C@H](c2cccc(NC(=O)[C@@H](Cc3ccccc3)NS(=O)(=O)c3ccc(C)cc3)c2)O1)C1CCCC1. The van der Waals surface area contributed by atoms with Crippen LogP contribution in [0.25, 0.3) is 0 Å². The van der Waals surface area contributed by atoms with Crippen LogP contribution in [0.15, 0.2) is 121 Å². The van der Waals surface area contributed by atoms with Crippen LogP contribution in [0.5, 0.6) is 0 Å². The highest BCUT2D eigenvalue weighted by Crippen LogP contribution is 2.39. The van der Waals surface area contributed by atoms with Crippen molar-refractivity contribution in [3.63, 3.8) is 0 Å². The van der Waals surface area contributed by atoms with Gasteiger partial charge < -0.3 is 19.9 Å². The number of carbonyl (C=O) groups excluding carboxylic acids is 1. The van der Waals surface area contributed by atoms with Crippen LogP contribution in [0.3, 0.4) is 0 Å². The Hall–Kier alpha value is -4.16. The van der Waals surface area contributed by atoms with E-state index in [4.69, 9.17) is 9.47 Å². The predicted molar refractivity (Wildman–Crippen MR) is 203 cm³/mol. The minimum atomic E-state index is -4.00. The summed E-state index contributed by atoms with van der Waals surface area (Å²) in [6.07, 6.45) is 6.47. The molecule has 0 radical (unpaired) electrons. The molecule has 10 heteroatoms.